The summed E-state index contributed by atoms with van der Waals surface area (Å²) in [6, 6.07) is 21.2. The van der Waals surface area contributed by atoms with Gasteiger partial charge in [0.05, 0.1) is 23.5 Å². The lowest BCUT2D eigenvalue weighted by Gasteiger charge is -2.42. The zero-order chi connectivity index (χ0) is 32.0. The lowest BCUT2D eigenvalue weighted by Crippen LogP contribution is -2.45. The first-order valence-electron chi connectivity index (χ1n) is 13.8. The molecule has 2 amide bonds. The van der Waals surface area contributed by atoms with Gasteiger partial charge in [0.1, 0.15) is 24.2 Å². The van der Waals surface area contributed by atoms with E-state index in [1.54, 1.807) is 50.2 Å². The minimum absolute atomic E-state index is 0.0878. The summed E-state index contributed by atoms with van der Waals surface area (Å²) in [7, 11) is -3.76. The van der Waals surface area contributed by atoms with E-state index in [1.807, 2.05) is 55.8 Å². The van der Waals surface area contributed by atoms with Crippen LogP contribution >= 0.6 is 0 Å². The zero-order valence-electron chi connectivity index (χ0n) is 25.3. The molecule has 4 N–H and O–H groups in total. The third kappa shape index (κ3) is 9.20. The van der Waals surface area contributed by atoms with Gasteiger partial charge in [-0.05, 0) is 60.2 Å². The van der Waals surface area contributed by atoms with Crippen LogP contribution in [0.4, 0.5) is 4.79 Å². The molecule has 0 radical (unpaired) electrons. The molecule has 3 aromatic carbocycles. The second kappa shape index (κ2) is 13.5. The fraction of sp³-hybridized carbons (Fsp3) is 0.375. The Kier molecular flexibility index (Phi) is 10.5. The standard InChI is InChI=1S/C32H40N2O8S/c1-21(2)41-28-18-23(14-17-27(28)29(35)34-43(6,38)39)22-12-15-25(16-13-22)42-26(20-40-30(33)36)19-32(37,31(3,4)5)24-10-8-7-9-11-24/h7-18,21,26,37H,19-20H2,1-6H3,(H2,33,36)(H,34,35)/t26?,32-/m0/s1. The van der Waals surface area contributed by atoms with Crippen LogP contribution in [0.1, 0.15) is 57.0 Å². The number of carbonyl (C=O) groups is 2. The Morgan fingerprint density at radius 1 is 0.930 bits per heavy atom. The summed E-state index contributed by atoms with van der Waals surface area (Å²) in [6.45, 7) is 9.20. The van der Waals surface area contributed by atoms with Crippen molar-refractivity contribution >= 4 is 22.0 Å². The maximum absolute atomic E-state index is 12.6. The second-order valence-corrected chi connectivity index (χ2v) is 13.4. The number of hydrogen-bond donors (Lipinski definition) is 3. The molecule has 0 bridgehead atoms. The average molecular weight is 613 g/mol. The highest BCUT2D eigenvalue weighted by atomic mass is 32.2. The molecular formula is C32H40N2O8S. The molecule has 3 aromatic rings. The number of carbonyl (C=O) groups excluding carboxylic acids is 2. The maximum atomic E-state index is 12.6. The van der Waals surface area contributed by atoms with E-state index in [0.29, 0.717) is 11.3 Å². The van der Waals surface area contributed by atoms with Crippen molar-refractivity contribution in [3.05, 3.63) is 83.9 Å². The van der Waals surface area contributed by atoms with Crippen LogP contribution in [0.5, 0.6) is 11.5 Å². The number of ether oxygens (including phenoxy) is 3. The van der Waals surface area contributed by atoms with Gasteiger partial charge in [0.2, 0.25) is 10.0 Å². The number of nitrogens with one attached hydrogen (secondary N) is 1. The largest absolute Gasteiger partial charge is 0.490 e. The molecule has 3 rings (SSSR count). The first-order valence-corrected chi connectivity index (χ1v) is 15.7. The van der Waals surface area contributed by atoms with Gasteiger partial charge < -0.3 is 25.1 Å². The van der Waals surface area contributed by atoms with Crippen molar-refractivity contribution in [3.63, 3.8) is 0 Å². The highest BCUT2D eigenvalue weighted by molar-refractivity contribution is 7.89. The third-order valence-electron chi connectivity index (χ3n) is 6.78. The van der Waals surface area contributed by atoms with Gasteiger partial charge in [0, 0.05) is 6.42 Å². The minimum Gasteiger partial charge on any atom is -0.490 e. The quantitative estimate of drug-likeness (QED) is 0.258. The topological polar surface area (TPSA) is 154 Å². The number of aliphatic hydroxyl groups is 1. The summed E-state index contributed by atoms with van der Waals surface area (Å²) in [5.74, 6) is -0.0858. The van der Waals surface area contributed by atoms with E-state index in [-0.39, 0.29) is 30.4 Å². The van der Waals surface area contributed by atoms with Crippen molar-refractivity contribution < 1.29 is 37.3 Å². The molecule has 0 aliphatic heterocycles. The fourth-order valence-electron chi connectivity index (χ4n) is 4.59. The van der Waals surface area contributed by atoms with Crippen LogP contribution < -0.4 is 19.9 Å². The lowest BCUT2D eigenvalue weighted by molar-refractivity contribution is -0.0979. The van der Waals surface area contributed by atoms with Gasteiger partial charge in [-0.2, -0.15) is 0 Å². The van der Waals surface area contributed by atoms with E-state index in [2.05, 4.69) is 0 Å². The van der Waals surface area contributed by atoms with Gasteiger partial charge in [-0.25, -0.2) is 17.9 Å². The average Bonchev–Trinajstić information content (AvgIpc) is 2.90. The molecule has 2 atom stereocenters. The van der Waals surface area contributed by atoms with Gasteiger partial charge in [-0.15, -0.1) is 0 Å². The Balaban J connectivity index is 1.89. The molecule has 0 saturated heterocycles. The van der Waals surface area contributed by atoms with Crippen LogP contribution in [0.3, 0.4) is 0 Å². The van der Waals surface area contributed by atoms with E-state index >= 15 is 0 Å². The Morgan fingerprint density at radius 2 is 1.53 bits per heavy atom. The predicted octanol–water partition coefficient (Wildman–Crippen LogP) is 5.00. The molecular weight excluding hydrogens is 572 g/mol. The number of benzene rings is 3. The van der Waals surface area contributed by atoms with Crippen molar-refractivity contribution in [2.75, 3.05) is 12.9 Å². The monoisotopic (exact) mass is 612 g/mol. The molecule has 11 heteroatoms. The second-order valence-electron chi connectivity index (χ2n) is 11.7. The summed E-state index contributed by atoms with van der Waals surface area (Å²) >= 11 is 0. The molecule has 0 spiro atoms. The van der Waals surface area contributed by atoms with Crippen LogP contribution in [-0.4, -0.2) is 50.6 Å². The van der Waals surface area contributed by atoms with Crippen LogP contribution in [-0.2, 0) is 20.4 Å². The smallest absolute Gasteiger partial charge is 0.404 e. The van der Waals surface area contributed by atoms with Crippen molar-refractivity contribution in [3.8, 4) is 22.6 Å². The van der Waals surface area contributed by atoms with Crippen molar-refractivity contribution in [1.82, 2.24) is 4.72 Å². The van der Waals surface area contributed by atoms with Gasteiger partial charge in [-0.1, -0.05) is 69.3 Å². The summed E-state index contributed by atoms with van der Waals surface area (Å²) in [5, 5.41) is 11.9. The van der Waals surface area contributed by atoms with Gasteiger partial charge in [-0.3, -0.25) is 4.79 Å². The Hall–Kier alpha value is -4.09. The minimum atomic E-state index is -3.76. The number of rotatable bonds is 12. The molecule has 0 aliphatic carbocycles. The van der Waals surface area contributed by atoms with Gasteiger partial charge >= 0.3 is 6.09 Å². The Bertz CT molecular complexity index is 1520. The van der Waals surface area contributed by atoms with E-state index in [4.69, 9.17) is 19.9 Å². The van der Waals surface area contributed by atoms with E-state index in [9.17, 15) is 23.1 Å². The molecule has 232 valence electrons. The fourth-order valence-corrected chi connectivity index (χ4v) is 5.04. The zero-order valence-corrected chi connectivity index (χ0v) is 26.1. The molecule has 0 fully saturated rings. The number of sulfonamides is 1. The normalized spacial score (nSPS) is 14.0. The Morgan fingerprint density at radius 3 is 2.07 bits per heavy atom. The van der Waals surface area contributed by atoms with E-state index in [0.717, 1.165) is 17.4 Å². The highest BCUT2D eigenvalue weighted by Gasteiger charge is 2.44. The summed E-state index contributed by atoms with van der Waals surface area (Å²) in [6.07, 6.45) is -0.931. The Labute approximate surface area is 253 Å². The van der Waals surface area contributed by atoms with Crippen molar-refractivity contribution in [1.29, 1.82) is 0 Å². The van der Waals surface area contributed by atoms with Crippen LogP contribution in [0.2, 0.25) is 0 Å². The molecule has 10 nitrogen and oxygen atoms in total. The summed E-state index contributed by atoms with van der Waals surface area (Å²) in [4.78, 5) is 24.0. The number of nitrogens with two attached hydrogens (primary N) is 1. The number of amides is 2. The first-order chi connectivity index (χ1) is 20.0. The van der Waals surface area contributed by atoms with Gasteiger partial charge in [0.25, 0.3) is 5.91 Å². The number of primary amides is 1. The summed E-state index contributed by atoms with van der Waals surface area (Å²) < 4.78 is 42.3. The van der Waals surface area contributed by atoms with E-state index in [1.165, 1.54) is 6.07 Å². The van der Waals surface area contributed by atoms with Crippen LogP contribution in [0.25, 0.3) is 11.1 Å². The molecule has 0 saturated carbocycles. The highest BCUT2D eigenvalue weighted by Crippen LogP contribution is 2.43. The van der Waals surface area contributed by atoms with E-state index < -0.39 is 39.1 Å². The SMILES string of the molecule is CC(C)Oc1cc(-c2ccc(OC(COC(N)=O)C[C@](O)(c3ccccc3)C(C)(C)C)cc2)ccc1C(=O)NS(C)(=O)=O. The summed E-state index contributed by atoms with van der Waals surface area (Å²) in [5.41, 5.74) is 5.61. The number of hydrogen-bond acceptors (Lipinski definition) is 8. The van der Waals surface area contributed by atoms with Crippen LogP contribution in [0.15, 0.2) is 72.8 Å². The first kappa shape index (κ1) is 33.4. The lowest BCUT2D eigenvalue weighted by atomic mass is 9.69. The molecule has 0 heterocycles. The molecule has 0 aliphatic rings. The van der Waals surface area contributed by atoms with Gasteiger partial charge in [0.15, 0.2) is 0 Å². The molecule has 0 aromatic heterocycles. The molecule has 43 heavy (non-hydrogen) atoms. The van der Waals surface area contributed by atoms with Crippen LogP contribution in [0, 0.1) is 5.41 Å². The molecule has 1 unspecified atom stereocenters. The van der Waals surface area contributed by atoms with Crippen molar-refractivity contribution in [2.45, 2.75) is 58.8 Å². The maximum Gasteiger partial charge on any atom is 0.404 e. The third-order valence-corrected chi connectivity index (χ3v) is 7.34. The predicted molar refractivity (Wildman–Crippen MR) is 164 cm³/mol. The van der Waals surface area contributed by atoms with Crippen molar-refractivity contribution in [2.24, 2.45) is 11.1 Å².